The Morgan fingerprint density at radius 1 is 1.47 bits per heavy atom. The lowest BCUT2D eigenvalue weighted by Crippen LogP contribution is -2.53. The van der Waals surface area contributed by atoms with Gasteiger partial charge in [0.15, 0.2) is 0 Å². The monoisotopic (exact) mass is 213 g/mol. The van der Waals surface area contributed by atoms with E-state index in [4.69, 9.17) is 0 Å². The van der Waals surface area contributed by atoms with Crippen LogP contribution in [0.3, 0.4) is 0 Å². The van der Waals surface area contributed by atoms with E-state index in [0.29, 0.717) is 6.04 Å². The van der Waals surface area contributed by atoms with Crippen LogP contribution in [0, 0.1) is 0 Å². The third kappa shape index (κ3) is 3.38. The molecule has 1 fully saturated rings. The molecule has 2 amide bonds. The number of carbonyl (C=O) groups is 1. The topological polar surface area (TPSA) is 35.6 Å². The quantitative estimate of drug-likeness (QED) is 0.743. The lowest BCUT2D eigenvalue weighted by Gasteiger charge is -2.35. The molecule has 0 aromatic rings. The van der Waals surface area contributed by atoms with E-state index >= 15 is 0 Å². The van der Waals surface area contributed by atoms with Gasteiger partial charge in [0.25, 0.3) is 0 Å². The highest BCUT2D eigenvalue weighted by molar-refractivity contribution is 5.75. The van der Waals surface area contributed by atoms with E-state index in [2.05, 4.69) is 31.0 Å². The molecule has 1 rings (SSSR count). The summed E-state index contributed by atoms with van der Waals surface area (Å²) in [4.78, 5) is 15.9. The van der Waals surface area contributed by atoms with Gasteiger partial charge < -0.3 is 15.1 Å². The van der Waals surface area contributed by atoms with Crippen molar-refractivity contribution < 1.29 is 4.79 Å². The fourth-order valence-corrected chi connectivity index (χ4v) is 2.02. The van der Waals surface area contributed by atoms with Crippen molar-refractivity contribution in [2.45, 2.75) is 33.2 Å². The van der Waals surface area contributed by atoms with Gasteiger partial charge in [0.05, 0.1) is 0 Å². The van der Waals surface area contributed by atoms with Gasteiger partial charge in [-0.1, -0.05) is 13.8 Å². The van der Waals surface area contributed by atoms with Crippen molar-refractivity contribution >= 4 is 6.03 Å². The first kappa shape index (κ1) is 12.3. The third-order valence-electron chi connectivity index (χ3n) is 3.06. The molecule has 0 aliphatic carbocycles. The standard InChI is InChI=1S/C11H23N3O/c1-4-13(5-2)9-10(3)14-8-6-7-12-11(14)15/h10H,4-9H2,1-3H3,(H,12,15). The summed E-state index contributed by atoms with van der Waals surface area (Å²) in [5.41, 5.74) is 0. The average molecular weight is 213 g/mol. The van der Waals surface area contributed by atoms with Crippen LogP contribution in [0.15, 0.2) is 0 Å². The number of rotatable bonds is 5. The molecular weight excluding hydrogens is 190 g/mol. The summed E-state index contributed by atoms with van der Waals surface area (Å²) in [6.45, 7) is 11.2. The zero-order valence-corrected chi connectivity index (χ0v) is 10.1. The Balaban J connectivity index is 2.43. The molecule has 4 heteroatoms. The molecule has 1 aliphatic heterocycles. The Labute approximate surface area is 92.6 Å². The largest absolute Gasteiger partial charge is 0.338 e. The Hall–Kier alpha value is -0.770. The SMILES string of the molecule is CCN(CC)CC(C)N1CCCNC1=O. The second kappa shape index (κ2) is 5.95. The summed E-state index contributed by atoms with van der Waals surface area (Å²) in [5, 5.41) is 2.89. The summed E-state index contributed by atoms with van der Waals surface area (Å²) in [7, 11) is 0. The molecule has 15 heavy (non-hydrogen) atoms. The van der Waals surface area contributed by atoms with Gasteiger partial charge in [0.2, 0.25) is 0 Å². The van der Waals surface area contributed by atoms with Gasteiger partial charge in [0.1, 0.15) is 0 Å². The first-order valence-electron chi connectivity index (χ1n) is 5.95. The van der Waals surface area contributed by atoms with E-state index < -0.39 is 0 Å². The maximum Gasteiger partial charge on any atom is 0.317 e. The highest BCUT2D eigenvalue weighted by atomic mass is 16.2. The van der Waals surface area contributed by atoms with E-state index in [1.54, 1.807) is 0 Å². The molecule has 1 aliphatic rings. The molecule has 4 nitrogen and oxygen atoms in total. The number of hydrogen-bond acceptors (Lipinski definition) is 2. The highest BCUT2D eigenvalue weighted by Gasteiger charge is 2.23. The van der Waals surface area contributed by atoms with Gasteiger partial charge in [-0.25, -0.2) is 4.79 Å². The minimum atomic E-state index is 0.0981. The number of likely N-dealkylation sites (N-methyl/N-ethyl adjacent to an activating group) is 1. The fraction of sp³-hybridized carbons (Fsp3) is 0.909. The summed E-state index contributed by atoms with van der Waals surface area (Å²) >= 11 is 0. The van der Waals surface area contributed by atoms with Gasteiger partial charge in [0, 0.05) is 25.7 Å². The number of nitrogens with zero attached hydrogens (tertiary/aromatic N) is 2. The maximum absolute atomic E-state index is 11.6. The van der Waals surface area contributed by atoms with Crippen LogP contribution >= 0.6 is 0 Å². The molecule has 1 saturated heterocycles. The Kier molecular flexibility index (Phi) is 4.88. The van der Waals surface area contributed by atoms with Gasteiger partial charge in [-0.2, -0.15) is 0 Å². The van der Waals surface area contributed by atoms with Crippen LogP contribution in [-0.2, 0) is 0 Å². The van der Waals surface area contributed by atoms with Crippen LogP contribution in [-0.4, -0.2) is 54.6 Å². The number of nitrogens with one attached hydrogen (secondary N) is 1. The van der Waals surface area contributed by atoms with E-state index in [1.165, 1.54) is 0 Å². The van der Waals surface area contributed by atoms with Crippen LogP contribution in [0.5, 0.6) is 0 Å². The normalized spacial score (nSPS) is 19.2. The second-order valence-corrected chi connectivity index (χ2v) is 4.11. The summed E-state index contributed by atoms with van der Waals surface area (Å²) in [6.07, 6.45) is 1.06. The molecule has 0 aromatic heterocycles. The minimum Gasteiger partial charge on any atom is -0.338 e. The molecular formula is C11H23N3O. The molecule has 0 bridgehead atoms. The molecule has 0 radical (unpaired) electrons. The van der Waals surface area contributed by atoms with Crippen molar-refractivity contribution in [2.24, 2.45) is 0 Å². The summed E-state index contributed by atoms with van der Waals surface area (Å²) in [6, 6.07) is 0.408. The maximum atomic E-state index is 11.6. The zero-order valence-electron chi connectivity index (χ0n) is 10.1. The summed E-state index contributed by atoms with van der Waals surface area (Å²) < 4.78 is 0. The zero-order chi connectivity index (χ0) is 11.3. The van der Waals surface area contributed by atoms with E-state index in [-0.39, 0.29) is 6.03 Å². The average Bonchev–Trinajstić information content (AvgIpc) is 2.26. The Bertz CT molecular complexity index is 204. The predicted molar refractivity (Wildman–Crippen MR) is 62.0 cm³/mol. The number of urea groups is 1. The molecule has 1 unspecified atom stereocenters. The van der Waals surface area contributed by atoms with Crippen LogP contribution < -0.4 is 5.32 Å². The Morgan fingerprint density at radius 3 is 2.67 bits per heavy atom. The van der Waals surface area contributed by atoms with Gasteiger partial charge in [-0.15, -0.1) is 0 Å². The van der Waals surface area contributed by atoms with Gasteiger partial charge in [-0.3, -0.25) is 0 Å². The van der Waals surface area contributed by atoms with Crippen LogP contribution in [0.25, 0.3) is 0 Å². The number of hydrogen-bond donors (Lipinski definition) is 1. The van der Waals surface area contributed by atoms with E-state index in [9.17, 15) is 4.79 Å². The highest BCUT2D eigenvalue weighted by Crippen LogP contribution is 2.07. The van der Waals surface area contributed by atoms with Crippen molar-refractivity contribution in [1.82, 2.24) is 15.1 Å². The van der Waals surface area contributed by atoms with Crippen LogP contribution in [0.1, 0.15) is 27.2 Å². The molecule has 0 aromatic carbocycles. The van der Waals surface area contributed by atoms with Crippen molar-refractivity contribution in [1.29, 1.82) is 0 Å². The van der Waals surface area contributed by atoms with E-state index in [0.717, 1.165) is 39.1 Å². The van der Waals surface area contributed by atoms with Gasteiger partial charge >= 0.3 is 6.03 Å². The third-order valence-corrected chi connectivity index (χ3v) is 3.06. The minimum absolute atomic E-state index is 0.0981. The smallest absolute Gasteiger partial charge is 0.317 e. The Morgan fingerprint density at radius 2 is 2.13 bits per heavy atom. The molecule has 88 valence electrons. The van der Waals surface area contributed by atoms with Crippen molar-refractivity contribution in [3.63, 3.8) is 0 Å². The number of amides is 2. The first-order chi connectivity index (χ1) is 7.19. The summed E-state index contributed by atoms with van der Waals surface area (Å²) in [5.74, 6) is 0. The van der Waals surface area contributed by atoms with Crippen LogP contribution in [0.4, 0.5) is 4.79 Å². The lowest BCUT2D eigenvalue weighted by molar-refractivity contribution is 0.143. The molecule has 1 N–H and O–H groups in total. The molecule has 1 heterocycles. The molecule has 0 spiro atoms. The number of carbonyl (C=O) groups excluding carboxylic acids is 1. The van der Waals surface area contributed by atoms with E-state index in [1.807, 2.05) is 4.90 Å². The van der Waals surface area contributed by atoms with Crippen molar-refractivity contribution in [2.75, 3.05) is 32.7 Å². The van der Waals surface area contributed by atoms with Gasteiger partial charge in [-0.05, 0) is 26.4 Å². The fourth-order valence-electron chi connectivity index (χ4n) is 2.02. The van der Waals surface area contributed by atoms with Crippen molar-refractivity contribution in [3.8, 4) is 0 Å². The predicted octanol–water partition coefficient (Wildman–Crippen LogP) is 1.13. The first-order valence-corrected chi connectivity index (χ1v) is 5.95. The lowest BCUT2D eigenvalue weighted by atomic mass is 10.2. The molecule has 1 atom stereocenters. The van der Waals surface area contributed by atoms with Crippen LogP contribution in [0.2, 0.25) is 0 Å². The molecule has 0 saturated carbocycles. The second-order valence-electron chi connectivity index (χ2n) is 4.11. The van der Waals surface area contributed by atoms with Crippen molar-refractivity contribution in [3.05, 3.63) is 0 Å².